The molecule has 0 amide bonds. The minimum Gasteiger partial charge on any atom is -0.376 e. The van der Waals surface area contributed by atoms with E-state index in [1.807, 2.05) is 18.5 Å². The molecule has 0 aromatic carbocycles. The molecule has 0 spiro atoms. The number of aryl methyl sites for hydroxylation is 1. The van der Waals surface area contributed by atoms with E-state index in [1.165, 1.54) is 0 Å². The van der Waals surface area contributed by atoms with E-state index in [4.69, 9.17) is 4.74 Å². The van der Waals surface area contributed by atoms with Crippen LogP contribution in [0.5, 0.6) is 0 Å². The Balaban J connectivity index is 0.00000264. The van der Waals surface area contributed by atoms with Crippen molar-refractivity contribution in [3.05, 3.63) is 11.6 Å². The van der Waals surface area contributed by atoms with Crippen molar-refractivity contribution in [1.82, 2.24) is 25.4 Å². The van der Waals surface area contributed by atoms with E-state index in [2.05, 4.69) is 25.8 Å². The fraction of sp³-hybridized carbons (Fsp3) is 0.786. The number of nitrogens with one attached hydrogen (secondary N) is 2. The first-order valence-corrected chi connectivity index (χ1v) is 7.75. The van der Waals surface area contributed by atoms with Crippen LogP contribution in [0.15, 0.2) is 4.99 Å². The third-order valence-electron chi connectivity index (χ3n) is 3.69. The van der Waals surface area contributed by atoms with Crippen LogP contribution in [-0.4, -0.2) is 53.2 Å². The maximum Gasteiger partial charge on any atom is 0.191 e. The van der Waals surface area contributed by atoms with Gasteiger partial charge in [0.15, 0.2) is 11.8 Å². The van der Waals surface area contributed by atoms with E-state index < -0.39 is 0 Å². The van der Waals surface area contributed by atoms with Gasteiger partial charge in [-0.25, -0.2) is 4.99 Å². The Morgan fingerprint density at radius 1 is 1.43 bits per heavy atom. The summed E-state index contributed by atoms with van der Waals surface area (Å²) in [6.45, 7) is 4.07. The average molecular weight is 440 g/mol. The van der Waals surface area contributed by atoms with Gasteiger partial charge in [-0.1, -0.05) is 0 Å². The van der Waals surface area contributed by atoms with Gasteiger partial charge in [-0.3, -0.25) is 4.39 Å². The van der Waals surface area contributed by atoms with E-state index in [1.54, 1.807) is 0 Å². The van der Waals surface area contributed by atoms with Crippen LogP contribution >= 0.6 is 24.0 Å². The average Bonchev–Trinajstić information content (AvgIpc) is 3.14. The van der Waals surface area contributed by atoms with Gasteiger partial charge in [0.05, 0.1) is 12.8 Å². The summed E-state index contributed by atoms with van der Waals surface area (Å²) in [6, 6.07) is 0. The van der Waals surface area contributed by atoms with Gasteiger partial charge < -0.3 is 19.9 Å². The molecule has 1 fully saturated rings. The summed E-state index contributed by atoms with van der Waals surface area (Å²) >= 11 is 0. The molecule has 1 aromatic rings. The second-order valence-corrected chi connectivity index (χ2v) is 5.37. The number of aliphatic imine (C=N–C) groups is 1. The van der Waals surface area contributed by atoms with Gasteiger partial charge in [-0.05, 0) is 26.2 Å². The van der Waals surface area contributed by atoms with E-state index >= 15 is 0 Å². The van der Waals surface area contributed by atoms with Crippen LogP contribution < -0.4 is 10.6 Å². The molecule has 2 rings (SSSR count). The third kappa shape index (κ3) is 6.58. The monoisotopic (exact) mass is 440 g/mol. The summed E-state index contributed by atoms with van der Waals surface area (Å²) in [5, 5.41) is 14.5. The molecule has 1 aliphatic heterocycles. The predicted molar refractivity (Wildman–Crippen MR) is 97.9 cm³/mol. The van der Waals surface area contributed by atoms with Gasteiger partial charge in [-0.15, -0.1) is 34.2 Å². The van der Waals surface area contributed by atoms with Gasteiger partial charge in [0, 0.05) is 26.7 Å². The van der Waals surface area contributed by atoms with E-state index in [9.17, 15) is 4.39 Å². The number of nitrogens with zero attached hydrogens (tertiary/aromatic N) is 4. The van der Waals surface area contributed by atoms with Crippen molar-refractivity contribution in [1.29, 1.82) is 0 Å². The lowest BCUT2D eigenvalue weighted by Gasteiger charge is -2.15. The highest BCUT2D eigenvalue weighted by molar-refractivity contribution is 14.0. The Morgan fingerprint density at radius 3 is 2.87 bits per heavy atom. The number of rotatable bonds is 7. The maximum absolute atomic E-state index is 12.2. The zero-order valence-electron chi connectivity index (χ0n) is 13.7. The number of aromatic nitrogens is 3. The Labute approximate surface area is 153 Å². The minimum atomic E-state index is -0.339. The topological polar surface area (TPSA) is 76.4 Å². The molecular weight excluding hydrogens is 414 g/mol. The standard InChI is InChI=1S/C14H25FN6O.HI/c1-11-19-20-13(21(11)2)10-18-14(16-7-4-6-15)17-9-12-5-3-8-22-12;/h12H,3-10H2,1-2H3,(H2,16,17,18);1H. The molecule has 1 aliphatic rings. The number of ether oxygens (including phenoxy) is 1. The summed E-state index contributed by atoms with van der Waals surface area (Å²) in [7, 11) is 1.91. The number of guanidine groups is 1. The quantitative estimate of drug-likeness (QED) is 0.290. The second kappa shape index (κ2) is 10.7. The molecule has 9 heteroatoms. The second-order valence-electron chi connectivity index (χ2n) is 5.37. The predicted octanol–water partition coefficient (Wildman–Crippen LogP) is 1.32. The Morgan fingerprint density at radius 2 is 2.26 bits per heavy atom. The number of alkyl halides is 1. The summed E-state index contributed by atoms with van der Waals surface area (Å²) in [4.78, 5) is 4.49. The maximum atomic E-state index is 12.2. The third-order valence-corrected chi connectivity index (χ3v) is 3.69. The highest BCUT2D eigenvalue weighted by Gasteiger charge is 2.15. The van der Waals surface area contributed by atoms with Crippen molar-refractivity contribution in [3.8, 4) is 0 Å². The van der Waals surface area contributed by atoms with Crippen molar-refractivity contribution in [3.63, 3.8) is 0 Å². The van der Waals surface area contributed by atoms with Crippen LogP contribution in [0.25, 0.3) is 0 Å². The lowest BCUT2D eigenvalue weighted by molar-refractivity contribution is 0.114. The highest BCUT2D eigenvalue weighted by atomic mass is 127. The first kappa shape index (κ1) is 20.1. The van der Waals surface area contributed by atoms with E-state index in [-0.39, 0.29) is 36.8 Å². The van der Waals surface area contributed by atoms with Crippen molar-refractivity contribution in [2.75, 3.05) is 26.4 Å². The SMILES string of the molecule is Cc1nnc(CN=C(NCCCF)NCC2CCCO2)n1C.I. The van der Waals surface area contributed by atoms with Gasteiger partial charge in [0.1, 0.15) is 12.4 Å². The highest BCUT2D eigenvalue weighted by Crippen LogP contribution is 2.10. The molecule has 1 aromatic heterocycles. The van der Waals surface area contributed by atoms with Gasteiger partial charge in [0.25, 0.3) is 0 Å². The largest absolute Gasteiger partial charge is 0.376 e. The van der Waals surface area contributed by atoms with Crippen LogP contribution in [0.2, 0.25) is 0 Å². The van der Waals surface area contributed by atoms with Crippen molar-refractivity contribution in [2.45, 2.75) is 38.8 Å². The molecule has 0 radical (unpaired) electrons. The van der Waals surface area contributed by atoms with Crippen LogP contribution in [0.1, 0.15) is 30.9 Å². The first-order valence-electron chi connectivity index (χ1n) is 7.75. The number of hydrogen-bond acceptors (Lipinski definition) is 4. The van der Waals surface area contributed by atoms with Crippen molar-refractivity contribution < 1.29 is 9.13 Å². The molecule has 0 saturated carbocycles. The molecule has 7 nitrogen and oxygen atoms in total. The molecule has 0 aliphatic carbocycles. The minimum absolute atomic E-state index is 0. The van der Waals surface area contributed by atoms with E-state index in [0.717, 1.165) is 31.1 Å². The summed E-state index contributed by atoms with van der Waals surface area (Å²) in [5.41, 5.74) is 0. The van der Waals surface area contributed by atoms with Crippen LogP contribution in [0, 0.1) is 6.92 Å². The Kier molecular flexibility index (Phi) is 9.37. The molecule has 1 atom stereocenters. The van der Waals surface area contributed by atoms with Gasteiger partial charge in [-0.2, -0.15) is 0 Å². The zero-order chi connectivity index (χ0) is 15.8. The Bertz CT molecular complexity index is 490. The number of halogens is 2. The summed E-state index contributed by atoms with van der Waals surface area (Å²) < 4.78 is 19.7. The van der Waals surface area contributed by atoms with Crippen molar-refractivity contribution in [2.24, 2.45) is 12.0 Å². The molecule has 1 unspecified atom stereocenters. The van der Waals surface area contributed by atoms with Gasteiger partial charge >= 0.3 is 0 Å². The van der Waals surface area contributed by atoms with Crippen LogP contribution in [-0.2, 0) is 18.3 Å². The molecule has 2 N–H and O–H groups in total. The number of hydrogen-bond donors (Lipinski definition) is 2. The van der Waals surface area contributed by atoms with Crippen LogP contribution in [0.3, 0.4) is 0 Å². The fourth-order valence-electron chi connectivity index (χ4n) is 2.20. The smallest absolute Gasteiger partial charge is 0.191 e. The lowest BCUT2D eigenvalue weighted by Crippen LogP contribution is -2.41. The van der Waals surface area contributed by atoms with Gasteiger partial charge in [0.2, 0.25) is 0 Å². The normalized spacial score (nSPS) is 17.9. The zero-order valence-corrected chi connectivity index (χ0v) is 16.0. The molecule has 0 bridgehead atoms. The van der Waals surface area contributed by atoms with E-state index in [0.29, 0.717) is 32.0 Å². The molecule has 2 heterocycles. The van der Waals surface area contributed by atoms with Crippen LogP contribution in [0.4, 0.5) is 4.39 Å². The molecular formula is C14H26FIN6O. The summed E-state index contributed by atoms with van der Waals surface area (Å²) in [5.74, 6) is 2.30. The fourth-order valence-corrected chi connectivity index (χ4v) is 2.20. The first-order chi connectivity index (χ1) is 10.7. The Hall–Kier alpha value is -0.970. The van der Waals surface area contributed by atoms with Crippen molar-refractivity contribution >= 4 is 29.9 Å². The molecule has 132 valence electrons. The lowest BCUT2D eigenvalue weighted by atomic mass is 10.2. The molecule has 23 heavy (non-hydrogen) atoms. The summed E-state index contributed by atoms with van der Waals surface area (Å²) in [6.07, 6.45) is 2.86. The molecule has 1 saturated heterocycles.